The van der Waals surface area contributed by atoms with E-state index in [1.165, 1.54) is 51.4 Å². The van der Waals surface area contributed by atoms with Gasteiger partial charge in [0.1, 0.15) is 0 Å². The lowest BCUT2D eigenvalue weighted by molar-refractivity contribution is -0.129. The maximum atomic E-state index is 12.5. The molecule has 0 aromatic carbocycles. The lowest BCUT2D eigenvalue weighted by Gasteiger charge is -2.27. The molecule has 0 aromatic heterocycles. The highest BCUT2D eigenvalue weighted by Crippen LogP contribution is 2.23. The number of carbonyl (C=O) groups is 2. The Hall–Kier alpha value is -1.14. The molecule has 2 unspecified atom stereocenters. The predicted molar refractivity (Wildman–Crippen MR) is 107 cm³/mol. The van der Waals surface area contributed by atoms with E-state index in [9.17, 15) is 9.59 Å². The van der Waals surface area contributed by atoms with Crippen molar-refractivity contribution in [3.63, 3.8) is 0 Å². The number of rotatable bonds is 8. The highest BCUT2D eigenvalue weighted by Gasteiger charge is 2.36. The lowest BCUT2D eigenvalue weighted by atomic mass is 10.1. The molecule has 2 atom stereocenters. The van der Waals surface area contributed by atoms with E-state index in [1.807, 2.05) is 4.90 Å². The summed E-state index contributed by atoms with van der Waals surface area (Å²) in [6, 6.07) is 1.09. The van der Waals surface area contributed by atoms with Gasteiger partial charge in [0.2, 0.25) is 11.8 Å². The van der Waals surface area contributed by atoms with E-state index >= 15 is 0 Å². The van der Waals surface area contributed by atoms with E-state index in [4.69, 9.17) is 0 Å². The molecule has 2 N–H and O–H groups in total. The molecule has 1 aliphatic carbocycles. The molecule has 3 rings (SSSR count). The molecule has 6 nitrogen and oxygen atoms in total. The maximum absolute atomic E-state index is 12.5. The zero-order valence-corrected chi connectivity index (χ0v) is 17.0. The van der Waals surface area contributed by atoms with Gasteiger partial charge in [-0.25, -0.2) is 0 Å². The normalized spacial score (nSPS) is 27.9. The van der Waals surface area contributed by atoms with Crippen LogP contribution in [0.2, 0.25) is 0 Å². The Labute approximate surface area is 164 Å². The topological polar surface area (TPSA) is 64.7 Å². The molecule has 0 bridgehead atoms. The van der Waals surface area contributed by atoms with Gasteiger partial charge in [0, 0.05) is 44.7 Å². The van der Waals surface area contributed by atoms with Crippen molar-refractivity contribution >= 4 is 11.8 Å². The van der Waals surface area contributed by atoms with Crippen molar-refractivity contribution in [3.8, 4) is 0 Å². The Kier molecular flexibility index (Phi) is 7.94. The molecule has 0 aromatic rings. The van der Waals surface area contributed by atoms with Crippen LogP contribution in [0.25, 0.3) is 0 Å². The van der Waals surface area contributed by atoms with Crippen LogP contribution in [-0.4, -0.2) is 73.0 Å². The van der Waals surface area contributed by atoms with Crippen molar-refractivity contribution in [1.29, 1.82) is 0 Å². The average Bonchev–Trinajstić information content (AvgIpc) is 3.17. The molecule has 0 radical (unpaired) electrons. The van der Waals surface area contributed by atoms with Crippen molar-refractivity contribution in [2.24, 2.45) is 5.92 Å². The molecule has 3 fully saturated rings. The van der Waals surface area contributed by atoms with Gasteiger partial charge in [0.15, 0.2) is 0 Å². The summed E-state index contributed by atoms with van der Waals surface area (Å²) in [7, 11) is 0. The Morgan fingerprint density at radius 1 is 1.07 bits per heavy atom. The highest BCUT2D eigenvalue weighted by molar-refractivity contribution is 5.89. The zero-order valence-electron chi connectivity index (χ0n) is 17.0. The second-order valence-corrected chi connectivity index (χ2v) is 8.56. The zero-order chi connectivity index (χ0) is 19.1. The maximum Gasteiger partial charge on any atom is 0.225 e. The molecule has 2 heterocycles. The quantitative estimate of drug-likeness (QED) is 0.499. The minimum Gasteiger partial charge on any atom is -0.355 e. The minimum atomic E-state index is -0.174. The van der Waals surface area contributed by atoms with Crippen molar-refractivity contribution in [2.45, 2.75) is 76.8 Å². The van der Waals surface area contributed by atoms with Gasteiger partial charge >= 0.3 is 0 Å². The smallest absolute Gasteiger partial charge is 0.225 e. The predicted octanol–water partition coefficient (Wildman–Crippen LogP) is 1.75. The number of hydrogen-bond donors (Lipinski definition) is 2. The van der Waals surface area contributed by atoms with Gasteiger partial charge in [-0.15, -0.1) is 0 Å². The van der Waals surface area contributed by atoms with Gasteiger partial charge in [-0.3, -0.25) is 14.5 Å². The van der Waals surface area contributed by atoms with Crippen LogP contribution in [0, 0.1) is 5.92 Å². The van der Waals surface area contributed by atoms with Gasteiger partial charge in [-0.1, -0.05) is 32.6 Å². The fourth-order valence-electron chi connectivity index (χ4n) is 4.99. The molecule has 6 heteroatoms. The summed E-state index contributed by atoms with van der Waals surface area (Å²) >= 11 is 0. The largest absolute Gasteiger partial charge is 0.355 e. The third-order valence-corrected chi connectivity index (χ3v) is 6.63. The lowest BCUT2D eigenvalue weighted by Crippen LogP contribution is -2.42. The third kappa shape index (κ3) is 5.92. The molecule has 2 amide bonds. The van der Waals surface area contributed by atoms with Gasteiger partial charge in [0.05, 0.1) is 5.92 Å². The molecule has 2 aliphatic heterocycles. The summed E-state index contributed by atoms with van der Waals surface area (Å²) in [5, 5.41) is 6.63. The number of nitrogens with zero attached hydrogens (tertiary/aromatic N) is 2. The summed E-state index contributed by atoms with van der Waals surface area (Å²) in [6.07, 6.45) is 10.6. The second kappa shape index (κ2) is 10.4. The molecule has 3 aliphatic rings. The van der Waals surface area contributed by atoms with Crippen molar-refractivity contribution in [2.75, 3.05) is 39.3 Å². The van der Waals surface area contributed by atoms with Crippen molar-refractivity contribution in [3.05, 3.63) is 0 Å². The second-order valence-electron chi connectivity index (χ2n) is 8.56. The average molecular weight is 379 g/mol. The van der Waals surface area contributed by atoms with Crippen LogP contribution in [0.5, 0.6) is 0 Å². The summed E-state index contributed by atoms with van der Waals surface area (Å²) in [5.41, 5.74) is 0. The molecule has 2 saturated heterocycles. The Morgan fingerprint density at radius 3 is 2.59 bits per heavy atom. The summed E-state index contributed by atoms with van der Waals surface area (Å²) < 4.78 is 0. The standard InChI is InChI=1S/C21H38N4O2/c1-2-24-13-7-10-19(24)16-25-15-17(14-20(25)26)21(27)23-12-11-22-18-8-5-3-4-6-9-18/h17-19,22H,2-16H2,1H3,(H,23,27). The first-order valence-electron chi connectivity index (χ1n) is 11.2. The number of likely N-dealkylation sites (N-methyl/N-ethyl adjacent to an activating group) is 1. The van der Waals surface area contributed by atoms with Crippen LogP contribution in [0.3, 0.4) is 0 Å². The first-order chi connectivity index (χ1) is 13.2. The van der Waals surface area contributed by atoms with Crippen molar-refractivity contribution in [1.82, 2.24) is 20.4 Å². The monoisotopic (exact) mass is 378 g/mol. The molecule has 1 saturated carbocycles. The number of likely N-dealkylation sites (tertiary alicyclic amines) is 2. The van der Waals surface area contributed by atoms with Gasteiger partial charge in [0.25, 0.3) is 0 Å². The first kappa shape index (κ1) is 20.6. The van der Waals surface area contributed by atoms with Crippen LogP contribution in [0.15, 0.2) is 0 Å². The van der Waals surface area contributed by atoms with Crippen LogP contribution < -0.4 is 10.6 Å². The number of amides is 2. The van der Waals surface area contributed by atoms with Crippen LogP contribution in [0.1, 0.15) is 64.7 Å². The first-order valence-corrected chi connectivity index (χ1v) is 11.2. The Bertz CT molecular complexity index is 491. The fraction of sp³-hybridized carbons (Fsp3) is 0.905. The van der Waals surface area contributed by atoms with E-state index in [1.54, 1.807) is 0 Å². The number of hydrogen-bond acceptors (Lipinski definition) is 4. The Morgan fingerprint density at radius 2 is 1.85 bits per heavy atom. The van der Waals surface area contributed by atoms with Gasteiger partial charge in [-0.2, -0.15) is 0 Å². The van der Waals surface area contributed by atoms with E-state index in [0.29, 0.717) is 31.6 Å². The molecular formula is C21H38N4O2. The van der Waals surface area contributed by atoms with Crippen LogP contribution >= 0.6 is 0 Å². The molecule has 27 heavy (non-hydrogen) atoms. The minimum absolute atomic E-state index is 0.0484. The molecular weight excluding hydrogens is 340 g/mol. The SMILES string of the molecule is CCN1CCCC1CN1CC(C(=O)NCCNC2CCCCCC2)CC1=O. The summed E-state index contributed by atoms with van der Waals surface area (Å²) in [4.78, 5) is 29.2. The molecule has 0 spiro atoms. The number of nitrogens with one attached hydrogen (secondary N) is 2. The van der Waals surface area contributed by atoms with E-state index in [0.717, 1.165) is 26.2 Å². The van der Waals surface area contributed by atoms with E-state index in [2.05, 4.69) is 22.5 Å². The Balaban J connectivity index is 1.34. The molecule has 154 valence electrons. The van der Waals surface area contributed by atoms with Gasteiger partial charge in [-0.05, 0) is 38.8 Å². The highest BCUT2D eigenvalue weighted by atomic mass is 16.2. The summed E-state index contributed by atoms with van der Waals surface area (Å²) in [6.45, 7) is 7.24. The van der Waals surface area contributed by atoms with E-state index < -0.39 is 0 Å². The fourth-order valence-corrected chi connectivity index (χ4v) is 4.99. The van der Waals surface area contributed by atoms with Crippen molar-refractivity contribution < 1.29 is 9.59 Å². The third-order valence-electron chi connectivity index (χ3n) is 6.63. The van der Waals surface area contributed by atoms with Crippen LogP contribution in [0.4, 0.5) is 0 Å². The van der Waals surface area contributed by atoms with Crippen LogP contribution in [-0.2, 0) is 9.59 Å². The number of carbonyl (C=O) groups excluding carboxylic acids is 2. The summed E-state index contributed by atoms with van der Waals surface area (Å²) in [5.74, 6) is 0.0221. The van der Waals surface area contributed by atoms with Gasteiger partial charge < -0.3 is 15.5 Å². The van der Waals surface area contributed by atoms with E-state index in [-0.39, 0.29) is 17.7 Å².